The van der Waals surface area contributed by atoms with E-state index in [-0.39, 0.29) is 24.5 Å². The van der Waals surface area contributed by atoms with E-state index in [0.717, 1.165) is 17.8 Å². The normalized spacial score (nSPS) is 12.1. The SMILES string of the molecule is CCOC(=O)c1sc2ncn(CC(=O)c3ccc([C@@H](C)CC)cc3)c(=O)c2c1C. The first-order chi connectivity index (χ1) is 13.9. The number of carbonyl (C=O) groups excluding carboxylic acids is 2. The molecule has 0 amide bonds. The summed E-state index contributed by atoms with van der Waals surface area (Å²) in [5, 5.41) is 0.362. The first-order valence-electron chi connectivity index (χ1n) is 9.66. The first-order valence-corrected chi connectivity index (χ1v) is 10.5. The number of Topliss-reactive ketones (excluding diaryl/α,β-unsaturated/α-hetero) is 1. The van der Waals surface area contributed by atoms with Crippen LogP contribution in [0.15, 0.2) is 35.4 Å². The highest BCUT2D eigenvalue weighted by molar-refractivity contribution is 7.20. The van der Waals surface area contributed by atoms with Gasteiger partial charge in [0.25, 0.3) is 5.56 Å². The van der Waals surface area contributed by atoms with Gasteiger partial charge in [-0.25, -0.2) is 9.78 Å². The number of hydrogen-bond donors (Lipinski definition) is 0. The van der Waals surface area contributed by atoms with Crippen molar-refractivity contribution in [2.75, 3.05) is 6.61 Å². The van der Waals surface area contributed by atoms with Gasteiger partial charge in [-0.2, -0.15) is 0 Å². The van der Waals surface area contributed by atoms with Gasteiger partial charge in [0.15, 0.2) is 5.78 Å². The van der Waals surface area contributed by atoms with Gasteiger partial charge in [-0.3, -0.25) is 14.2 Å². The molecule has 0 spiro atoms. The predicted octanol–water partition coefficient (Wildman–Crippen LogP) is 4.34. The van der Waals surface area contributed by atoms with Gasteiger partial charge in [0.05, 0.1) is 24.9 Å². The number of aryl methyl sites for hydroxylation is 1. The largest absolute Gasteiger partial charge is 0.462 e. The predicted molar refractivity (Wildman–Crippen MR) is 114 cm³/mol. The zero-order valence-electron chi connectivity index (χ0n) is 17.0. The summed E-state index contributed by atoms with van der Waals surface area (Å²) in [6.07, 6.45) is 2.39. The Bertz CT molecular complexity index is 1110. The molecule has 7 heteroatoms. The zero-order chi connectivity index (χ0) is 21.1. The minimum Gasteiger partial charge on any atom is -0.462 e. The Morgan fingerprint density at radius 3 is 2.52 bits per heavy atom. The van der Waals surface area contributed by atoms with Crippen LogP contribution in [0.25, 0.3) is 10.2 Å². The van der Waals surface area contributed by atoms with Crippen LogP contribution in [-0.4, -0.2) is 27.9 Å². The summed E-state index contributed by atoms with van der Waals surface area (Å²) in [5.41, 5.74) is 1.95. The molecule has 0 saturated carbocycles. The van der Waals surface area contributed by atoms with Crippen LogP contribution in [0.5, 0.6) is 0 Å². The second kappa shape index (κ2) is 8.69. The average molecular weight is 413 g/mol. The summed E-state index contributed by atoms with van der Waals surface area (Å²) >= 11 is 1.13. The molecule has 0 N–H and O–H groups in total. The molecule has 3 aromatic rings. The van der Waals surface area contributed by atoms with Crippen molar-refractivity contribution in [1.29, 1.82) is 0 Å². The van der Waals surface area contributed by atoms with Crippen LogP contribution >= 0.6 is 11.3 Å². The van der Waals surface area contributed by atoms with Crippen molar-refractivity contribution in [3.05, 3.63) is 62.5 Å². The number of fused-ring (bicyclic) bond motifs is 1. The van der Waals surface area contributed by atoms with Gasteiger partial charge in [0.2, 0.25) is 0 Å². The molecule has 0 unspecified atom stereocenters. The molecular formula is C22H24N2O4S. The molecule has 0 radical (unpaired) electrons. The molecule has 2 aromatic heterocycles. The lowest BCUT2D eigenvalue weighted by Crippen LogP contribution is -2.24. The van der Waals surface area contributed by atoms with E-state index in [1.54, 1.807) is 26.0 Å². The molecule has 0 bridgehead atoms. The van der Waals surface area contributed by atoms with Crippen LogP contribution in [0, 0.1) is 6.92 Å². The van der Waals surface area contributed by atoms with Crippen LogP contribution < -0.4 is 5.56 Å². The number of ether oxygens (including phenoxy) is 1. The van der Waals surface area contributed by atoms with Crippen LogP contribution in [0.2, 0.25) is 0 Å². The Hall–Kier alpha value is -2.80. The molecule has 152 valence electrons. The van der Waals surface area contributed by atoms with Gasteiger partial charge in [0.1, 0.15) is 9.71 Å². The summed E-state index contributed by atoms with van der Waals surface area (Å²) in [7, 11) is 0. The van der Waals surface area contributed by atoms with E-state index in [1.165, 1.54) is 16.5 Å². The minimum atomic E-state index is -0.462. The number of hydrogen-bond acceptors (Lipinski definition) is 6. The van der Waals surface area contributed by atoms with Crippen molar-refractivity contribution in [1.82, 2.24) is 9.55 Å². The second-order valence-electron chi connectivity index (χ2n) is 6.99. The van der Waals surface area contributed by atoms with Crippen molar-refractivity contribution in [2.45, 2.75) is 46.6 Å². The first kappa shape index (κ1) is 20.9. The van der Waals surface area contributed by atoms with Crippen molar-refractivity contribution < 1.29 is 14.3 Å². The summed E-state index contributed by atoms with van der Waals surface area (Å²) in [6.45, 7) is 7.86. The maximum absolute atomic E-state index is 12.9. The topological polar surface area (TPSA) is 78.3 Å². The Kier molecular flexibility index (Phi) is 6.27. The summed E-state index contributed by atoms with van der Waals surface area (Å²) in [4.78, 5) is 42.8. The Balaban J connectivity index is 1.89. The van der Waals surface area contributed by atoms with Crippen molar-refractivity contribution in [2.24, 2.45) is 0 Å². The van der Waals surface area contributed by atoms with Gasteiger partial charge in [-0.15, -0.1) is 11.3 Å². The molecule has 0 saturated heterocycles. The smallest absolute Gasteiger partial charge is 0.348 e. The molecular weight excluding hydrogens is 388 g/mol. The van der Waals surface area contributed by atoms with E-state index in [9.17, 15) is 14.4 Å². The fourth-order valence-corrected chi connectivity index (χ4v) is 4.18. The van der Waals surface area contributed by atoms with Crippen molar-refractivity contribution in [3.8, 4) is 0 Å². The third kappa shape index (κ3) is 4.15. The van der Waals surface area contributed by atoms with E-state index in [1.807, 2.05) is 12.1 Å². The zero-order valence-corrected chi connectivity index (χ0v) is 17.8. The number of nitrogens with zero attached hydrogens (tertiary/aromatic N) is 2. The maximum Gasteiger partial charge on any atom is 0.348 e. The van der Waals surface area contributed by atoms with Crippen molar-refractivity contribution >= 4 is 33.3 Å². The number of carbonyl (C=O) groups is 2. The molecule has 1 atom stereocenters. The van der Waals surface area contributed by atoms with Crippen LogP contribution in [-0.2, 0) is 11.3 Å². The van der Waals surface area contributed by atoms with E-state index in [4.69, 9.17) is 4.74 Å². The lowest BCUT2D eigenvalue weighted by atomic mass is 9.97. The Labute approximate surface area is 173 Å². The highest BCUT2D eigenvalue weighted by Gasteiger charge is 2.21. The fourth-order valence-electron chi connectivity index (χ4n) is 3.14. The van der Waals surface area contributed by atoms with E-state index >= 15 is 0 Å². The Morgan fingerprint density at radius 2 is 1.90 bits per heavy atom. The monoisotopic (exact) mass is 412 g/mol. The van der Waals surface area contributed by atoms with Gasteiger partial charge < -0.3 is 4.74 Å². The quantitative estimate of drug-likeness (QED) is 0.426. The molecule has 2 heterocycles. The highest BCUT2D eigenvalue weighted by Crippen LogP contribution is 2.27. The molecule has 0 aliphatic carbocycles. The van der Waals surface area contributed by atoms with Gasteiger partial charge in [-0.05, 0) is 37.3 Å². The molecule has 6 nitrogen and oxygen atoms in total. The van der Waals surface area contributed by atoms with Crippen LogP contribution in [0.4, 0.5) is 0 Å². The van der Waals surface area contributed by atoms with Gasteiger partial charge in [0, 0.05) is 5.56 Å². The summed E-state index contributed by atoms with van der Waals surface area (Å²) in [6, 6.07) is 7.52. The molecule has 1 aromatic carbocycles. The third-order valence-electron chi connectivity index (χ3n) is 5.11. The fraction of sp³-hybridized carbons (Fsp3) is 0.364. The molecule has 0 aliphatic heterocycles. The van der Waals surface area contributed by atoms with Crippen LogP contribution in [0.3, 0.4) is 0 Å². The van der Waals surface area contributed by atoms with Crippen LogP contribution in [0.1, 0.15) is 64.3 Å². The number of thiophene rings is 1. The lowest BCUT2D eigenvalue weighted by Gasteiger charge is -2.10. The molecule has 3 rings (SSSR count). The van der Waals surface area contributed by atoms with Gasteiger partial charge >= 0.3 is 5.97 Å². The molecule has 0 fully saturated rings. The Morgan fingerprint density at radius 1 is 1.21 bits per heavy atom. The number of aromatic nitrogens is 2. The van der Waals surface area contributed by atoms with E-state index in [0.29, 0.717) is 32.1 Å². The van der Waals surface area contributed by atoms with Gasteiger partial charge in [-0.1, -0.05) is 38.1 Å². The number of ketones is 1. The molecule has 29 heavy (non-hydrogen) atoms. The highest BCUT2D eigenvalue weighted by atomic mass is 32.1. The molecule has 0 aliphatic rings. The standard InChI is InChI=1S/C22H24N2O4S/c1-5-13(3)15-7-9-16(10-8-15)17(25)11-24-12-23-20-18(21(24)26)14(4)19(29-20)22(27)28-6-2/h7-10,12-13H,5-6,11H2,1-4H3/t13-/m0/s1. The summed E-state index contributed by atoms with van der Waals surface area (Å²) < 4.78 is 6.34. The minimum absolute atomic E-state index is 0.103. The van der Waals surface area contributed by atoms with E-state index < -0.39 is 5.97 Å². The third-order valence-corrected chi connectivity index (χ3v) is 6.29. The second-order valence-corrected chi connectivity index (χ2v) is 7.99. The maximum atomic E-state index is 12.9. The summed E-state index contributed by atoms with van der Waals surface area (Å²) in [5.74, 6) is -0.192. The average Bonchev–Trinajstić information content (AvgIpc) is 3.07. The van der Waals surface area contributed by atoms with Crippen molar-refractivity contribution in [3.63, 3.8) is 0 Å². The number of esters is 1. The number of benzene rings is 1. The number of rotatable bonds is 7. The van der Waals surface area contributed by atoms with E-state index in [2.05, 4.69) is 18.8 Å². The lowest BCUT2D eigenvalue weighted by molar-refractivity contribution is 0.0531.